The first-order chi connectivity index (χ1) is 10.3. The number of benzene rings is 1. The number of rotatable bonds is 3. The molecule has 1 atom stereocenters. The highest BCUT2D eigenvalue weighted by Crippen LogP contribution is 2.31. The quantitative estimate of drug-likeness (QED) is 0.931. The van der Waals surface area contributed by atoms with Crippen LogP contribution >= 0.6 is 0 Å². The van der Waals surface area contributed by atoms with Crippen LogP contribution in [0.4, 0.5) is 5.69 Å². The maximum atomic E-state index is 9.38. The van der Waals surface area contributed by atoms with Crippen LogP contribution in [0.5, 0.6) is 0 Å². The Kier molecular flexibility index (Phi) is 3.98. The number of hydrogen-bond donors (Lipinski definition) is 1. The lowest BCUT2D eigenvalue weighted by atomic mass is 9.94. The van der Waals surface area contributed by atoms with Gasteiger partial charge in [-0.05, 0) is 37.8 Å². The van der Waals surface area contributed by atoms with Crippen molar-refractivity contribution < 1.29 is 0 Å². The van der Waals surface area contributed by atoms with Gasteiger partial charge in [-0.3, -0.25) is 0 Å². The van der Waals surface area contributed by atoms with Crippen molar-refractivity contribution in [2.45, 2.75) is 19.3 Å². The lowest BCUT2D eigenvalue weighted by molar-refractivity contribution is 0.396. The lowest BCUT2D eigenvalue weighted by Gasteiger charge is -2.35. The van der Waals surface area contributed by atoms with Crippen LogP contribution in [-0.2, 0) is 0 Å². The van der Waals surface area contributed by atoms with Gasteiger partial charge < -0.3 is 10.6 Å². The fourth-order valence-electron chi connectivity index (χ4n) is 3.17. The third kappa shape index (κ3) is 2.67. The predicted octanol–water partition coefficient (Wildman–Crippen LogP) is 2.07. The van der Waals surface area contributed by atoms with E-state index >= 15 is 0 Å². The highest BCUT2D eigenvalue weighted by molar-refractivity contribution is 5.93. The van der Waals surface area contributed by atoms with Crippen LogP contribution in [0.3, 0.4) is 0 Å². The molecule has 2 N–H and O–H groups in total. The van der Waals surface area contributed by atoms with Gasteiger partial charge in [0.05, 0.1) is 11.2 Å². The number of nitrogens with zero attached hydrogens (tertiary/aromatic N) is 4. The Morgan fingerprint density at radius 3 is 3.00 bits per heavy atom. The first-order valence-corrected chi connectivity index (χ1v) is 7.44. The molecule has 0 spiro atoms. The van der Waals surface area contributed by atoms with E-state index in [1.165, 1.54) is 6.42 Å². The van der Waals surface area contributed by atoms with E-state index in [1.807, 2.05) is 24.3 Å². The highest BCUT2D eigenvalue weighted by Gasteiger charge is 2.24. The van der Waals surface area contributed by atoms with E-state index < -0.39 is 0 Å². The Morgan fingerprint density at radius 2 is 2.19 bits per heavy atom. The smallest absolute Gasteiger partial charge is 0.187 e. The zero-order chi connectivity index (χ0) is 14.7. The summed E-state index contributed by atoms with van der Waals surface area (Å²) < 4.78 is 0. The molecule has 2 aromatic rings. The van der Waals surface area contributed by atoms with Crippen LogP contribution in [0.15, 0.2) is 24.3 Å². The highest BCUT2D eigenvalue weighted by atomic mass is 15.2. The summed E-state index contributed by atoms with van der Waals surface area (Å²) in [5.74, 6) is 0.599. The van der Waals surface area contributed by atoms with Crippen LogP contribution in [0.2, 0.25) is 0 Å². The number of aromatic nitrogens is 2. The molecule has 3 rings (SSSR count). The van der Waals surface area contributed by atoms with Crippen LogP contribution in [0, 0.1) is 17.2 Å². The first kappa shape index (κ1) is 13.8. The van der Waals surface area contributed by atoms with E-state index in [0.29, 0.717) is 11.6 Å². The molecule has 2 heterocycles. The molecule has 0 bridgehead atoms. The molecule has 1 fully saturated rings. The van der Waals surface area contributed by atoms with E-state index in [0.717, 1.165) is 49.1 Å². The molecular formula is C16H19N5. The SMILES string of the molecule is N#Cc1nnc2ccccc2c1N1CCCC(CCN)C1. The number of hydrogen-bond acceptors (Lipinski definition) is 5. The monoisotopic (exact) mass is 281 g/mol. The molecule has 5 heteroatoms. The number of fused-ring (bicyclic) bond motifs is 1. The molecule has 0 saturated carbocycles. The Labute approximate surface area is 124 Å². The maximum Gasteiger partial charge on any atom is 0.187 e. The summed E-state index contributed by atoms with van der Waals surface area (Å²) in [6.45, 7) is 2.63. The van der Waals surface area contributed by atoms with E-state index in [-0.39, 0.29) is 0 Å². The van der Waals surface area contributed by atoms with Gasteiger partial charge in [0.1, 0.15) is 6.07 Å². The molecule has 0 radical (unpaired) electrons. The van der Waals surface area contributed by atoms with Crippen molar-refractivity contribution in [2.24, 2.45) is 11.7 Å². The van der Waals surface area contributed by atoms with Gasteiger partial charge in [-0.25, -0.2) is 0 Å². The zero-order valence-electron chi connectivity index (χ0n) is 12.0. The fourth-order valence-corrected chi connectivity index (χ4v) is 3.17. The van der Waals surface area contributed by atoms with Gasteiger partial charge in [-0.2, -0.15) is 5.26 Å². The third-order valence-corrected chi connectivity index (χ3v) is 4.16. The summed E-state index contributed by atoms with van der Waals surface area (Å²) in [6, 6.07) is 10.1. The van der Waals surface area contributed by atoms with Crippen molar-refractivity contribution in [1.82, 2.24) is 10.2 Å². The average molecular weight is 281 g/mol. The Balaban J connectivity index is 2.04. The molecule has 1 aromatic heterocycles. The minimum atomic E-state index is 0.419. The minimum Gasteiger partial charge on any atom is -0.368 e. The molecule has 1 unspecified atom stereocenters. The van der Waals surface area contributed by atoms with Gasteiger partial charge in [-0.15, -0.1) is 10.2 Å². The van der Waals surface area contributed by atoms with E-state index in [2.05, 4.69) is 21.2 Å². The van der Waals surface area contributed by atoms with Crippen LogP contribution in [-0.4, -0.2) is 29.8 Å². The number of nitrogens with two attached hydrogens (primary N) is 1. The van der Waals surface area contributed by atoms with Gasteiger partial charge in [0.25, 0.3) is 0 Å². The van der Waals surface area contributed by atoms with E-state index in [4.69, 9.17) is 5.73 Å². The number of nitriles is 1. The van der Waals surface area contributed by atoms with E-state index in [9.17, 15) is 5.26 Å². The maximum absolute atomic E-state index is 9.38. The van der Waals surface area contributed by atoms with Crippen LogP contribution in [0.1, 0.15) is 25.0 Å². The summed E-state index contributed by atoms with van der Waals surface area (Å²) in [4.78, 5) is 2.29. The van der Waals surface area contributed by atoms with Crippen molar-refractivity contribution in [2.75, 3.05) is 24.5 Å². The number of anilines is 1. The molecule has 1 aliphatic heterocycles. The van der Waals surface area contributed by atoms with Crippen LogP contribution in [0.25, 0.3) is 10.9 Å². The summed E-state index contributed by atoms with van der Waals surface area (Å²) in [7, 11) is 0. The number of piperidine rings is 1. The van der Waals surface area contributed by atoms with Gasteiger partial charge in [0.2, 0.25) is 0 Å². The summed E-state index contributed by atoms with van der Waals surface area (Å²) >= 11 is 0. The second kappa shape index (κ2) is 6.06. The molecule has 5 nitrogen and oxygen atoms in total. The second-order valence-corrected chi connectivity index (χ2v) is 5.56. The molecule has 1 aliphatic rings. The summed E-state index contributed by atoms with van der Waals surface area (Å²) in [5.41, 5.74) is 7.89. The van der Waals surface area contributed by atoms with Crippen molar-refractivity contribution in [3.05, 3.63) is 30.0 Å². The second-order valence-electron chi connectivity index (χ2n) is 5.56. The largest absolute Gasteiger partial charge is 0.368 e. The molecule has 1 aromatic carbocycles. The first-order valence-electron chi connectivity index (χ1n) is 7.44. The predicted molar refractivity (Wildman–Crippen MR) is 82.9 cm³/mol. The van der Waals surface area contributed by atoms with Crippen molar-refractivity contribution >= 4 is 16.6 Å². The fraction of sp³-hybridized carbons (Fsp3) is 0.438. The van der Waals surface area contributed by atoms with Crippen molar-refractivity contribution in [3.8, 4) is 6.07 Å². The zero-order valence-corrected chi connectivity index (χ0v) is 12.0. The van der Waals surface area contributed by atoms with Crippen molar-refractivity contribution in [3.63, 3.8) is 0 Å². The molecule has 0 aliphatic carbocycles. The third-order valence-electron chi connectivity index (χ3n) is 4.16. The van der Waals surface area contributed by atoms with Gasteiger partial charge >= 0.3 is 0 Å². The molecule has 21 heavy (non-hydrogen) atoms. The Morgan fingerprint density at radius 1 is 1.33 bits per heavy atom. The molecular weight excluding hydrogens is 262 g/mol. The lowest BCUT2D eigenvalue weighted by Crippen LogP contribution is -2.37. The van der Waals surface area contributed by atoms with Crippen molar-refractivity contribution in [1.29, 1.82) is 5.26 Å². The normalized spacial score (nSPS) is 18.7. The van der Waals surface area contributed by atoms with Gasteiger partial charge in [0.15, 0.2) is 5.69 Å². The average Bonchev–Trinajstić information content (AvgIpc) is 2.54. The molecule has 108 valence electrons. The summed E-state index contributed by atoms with van der Waals surface area (Å²) in [6.07, 6.45) is 3.38. The molecule has 0 amide bonds. The standard InChI is InChI=1S/C16H19N5/c17-8-7-12-4-3-9-21(11-12)16-13-5-1-2-6-14(13)19-20-15(16)10-18/h1-2,5-6,12H,3-4,7-9,11,17H2. The van der Waals surface area contributed by atoms with Crippen LogP contribution < -0.4 is 10.6 Å². The summed E-state index contributed by atoms with van der Waals surface area (Å²) in [5, 5.41) is 18.6. The Hall–Kier alpha value is -2.19. The Bertz CT molecular complexity index is 674. The molecule has 1 saturated heterocycles. The van der Waals surface area contributed by atoms with Gasteiger partial charge in [-0.1, -0.05) is 18.2 Å². The van der Waals surface area contributed by atoms with Gasteiger partial charge in [0, 0.05) is 18.5 Å². The van der Waals surface area contributed by atoms with E-state index in [1.54, 1.807) is 0 Å². The minimum absolute atomic E-state index is 0.419. The topological polar surface area (TPSA) is 78.8 Å².